The van der Waals surface area contributed by atoms with Crippen LogP contribution in [0.15, 0.2) is 48.5 Å². The van der Waals surface area contributed by atoms with Gasteiger partial charge in [-0.25, -0.2) is 4.79 Å². The second-order valence-electron chi connectivity index (χ2n) is 8.33. The molecule has 3 N–H and O–H groups in total. The van der Waals surface area contributed by atoms with Crippen molar-refractivity contribution in [2.75, 3.05) is 40.1 Å². The summed E-state index contributed by atoms with van der Waals surface area (Å²) in [4.78, 5) is 36.3. The monoisotopic (exact) mass is 484 g/mol. The predicted molar refractivity (Wildman–Crippen MR) is 129 cm³/mol. The molecule has 3 rings (SSSR count). The largest absolute Gasteiger partial charge is 0.481 e. The quantitative estimate of drug-likeness (QED) is 0.374. The van der Waals surface area contributed by atoms with Gasteiger partial charge in [-0.3, -0.25) is 9.59 Å². The summed E-state index contributed by atoms with van der Waals surface area (Å²) in [6.07, 6.45) is -0.546. The van der Waals surface area contributed by atoms with Gasteiger partial charge in [-0.05, 0) is 28.7 Å². The summed E-state index contributed by atoms with van der Waals surface area (Å²) < 4.78 is 16.0. The van der Waals surface area contributed by atoms with Gasteiger partial charge in [0, 0.05) is 19.6 Å². The fraction of sp³-hybridized carbons (Fsp3) is 0.423. The standard InChI is InChI=1S/C26H32N2O7/c1-3-26(17-33-2,24(31)27-13-15-34-14-12-23(29)30)28-25(32)35-16-22-20-10-6-4-8-18(20)19-9-5-7-11-21(19)22/h4-11,22H,3,12-17H2,1-2H3,(H,27,31)(H,28,32)(H,29,30). The second-order valence-corrected chi connectivity index (χ2v) is 8.33. The maximum atomic E-state index is 12.9. The van der Waals surface area contributed by atoms with Gasteiger partial charge in [-0.2, -0.15) is 0 Å². The summed E-state index contributed by atoms with van der Waals surface area (Å²) >= 11 is 0. The molecule has 2 aromatic carbocycles. The van der Waals surface area contributed by atoms with Crippen LogP contribution < -0.4 is 10.6 Å². The van der Waals surface area contributed by atoms with Crippen molar-refractivity contribution in [2.45, 2.75) is 31.2 Å². The molecule has 0 aromatic heterocycles. The number of carboxylic acid groups (broad SMARTS) is 1. The lowest BCUT2D eigenvalue weighted by molar-refractivity contribution is -0.138. The van der Waals surface area contributed by atoms with Crippen LogP contribution >= 0.6 is 0 Å². The van der Waals surface area contributed by atoms with Gasteiger partial charge < -0.3 is 30.0 Å². The fourth-order valence-electron chi connectivity index (χ4n) is 4.25. The lowest BCUT2D eigenvalue weighted by atomic mass is 9.96. The van der Waals surface area contributed by atoms with Crippen molar-refractivity contribution in [1.29, 1.82) is 0 Å². The number of benzene rings is 2. The average Bonchev–Trinajstić information content (AvgIpc) is 3.18. The van der Waals surface area contributed by atoms with Crippen molar-refractivity contribution in [3.8, 4) is 11.1 Å². The van der Waals surface area contributed by atoms with E-state index >= 15 is 0 Å². The summed E-state index contributed by atoms with van der Waals surface area (Å²) in [5, 5.41) is 14.1. The number of rotatable bonds is 13. The van der Waals surface area contributed by atoms with Gasteiger partial charge in [0.05, 0.1) is 26.2 Å². The number of hydrogen-bond donors (Lipinski definition) is 3. The third kappa shape index (κ3) is 6.37. The van der Waals surface area contributed by atoms with Crippen LogP contribution in [0, 0.1) is 0 Å². The first-order chi connectivity index (χ1) is 16.9. The molecule has 0 saturated heterocycles. The Kier molecular flexibility index (Phi) is 9.22. The Bertz CT molecular complexity index is 996. The summed E-state index contributed by atoms with van der Waals surface area (Å²) in [5.74, 6) is -1.48. The zero-order valence-corrected chi connectivity index (χ0v) is 20.0. The number of nitrogens with one attached hydrogen (secondary N) is 2. The highest BCUT2D eigenvalue weighted by atomic mass is 16.5. The van der Waals surface area contributed by atoms with E-state index in [4.69, 9.17) is 19.3 Å². The first-order valence-electron chi connectivity index (χ1n) is 11.6. The Morgan fingerprint density at radius 2 is 1.63 bits per heavy atom. The molecular weight excluding hydrogens is 452 g/mol. The summed E-state index contributed by atoms with van der Waals surface area (Å²) in [7, 11) is 1.45. The Balaban J connectivity index is 1.59. The smallest absolute Gasteiger partial charge is 0.408 e. The highest BCUT2D eigenvalue weighted by molar-refractivity contribution is 5.90. The third-order valence-corrected chi connectivity index (χ3v) is 6.11. The van der Waals surface area contributed by atoms with Gasteiger partial charge in [0.1, 0.15) is 12.1 Å². The minimum absolute atomic E-state index is 0.0423. The van der Waals surface area contributed by atoms with Crippen LogP contribution in [0.4, 0.5) is 4.79 Å². The van der Waals surface area contributed by atoms with Crippen molar-refractivity contribution in [3.63, 3.8) is 0 Å². The minimum atomic E-state index is -1.32. The normalized spacial score (nSPS) is 13.9. The Labute approximate surface area is 204 Å². The van der Waals surface area contributed by atoms with Gasteiger partial charge in [-0.1, -0.05) is 55.5 Å². The second kappa shape index (κ2) is 12.3. The van der Waals surface area contributed by atoms with Gasteiger partial charge in [-0.15, -0.1) is 0 Å². The van der Waals surface area contributed by atoms with Crippen LogP contribution in [0.1, 0.15) is 36.8 Å². The number of carbonyl (C=O) groups is 3. The van der Waals surface area contributed by atoms with E-state index in [1.54, 1.807) is 6.92 Å². The van der Waals surface area contributed by atoms with E-state index in [1.165, 1.54) is 7.11 Å². The molecule has 2 aromatic rings. The predicted octanol–water partition coefficient (Wildman–Crippen LogP) is 2.93. The molecule has 1 atom stereocenters. The summed E-state index contributed by atoms with van der Waals surface area (Å²) in [6, 6.07) is 16.1. The van der Waals surface area contributed by atoms with E-state index in [2.05, 4.69) is 22.8 Å². The van der Waals surface area contributed by atoms with Crippen LogP contribution in [-0.2, 0) is 23.8 Å². The number of fused-ring (bicyclic) bond motifs is 3. The number of hydrogen-bond acceptors (Lipinski definition) is 6. The molecule has 188 valence electrons. The molecule has 9 heteroatoms. The number of methoxy groups -OCH3 is 1. The highest BCUT2D eigenvalue weighted by Crippen LogP contribution is 2.44. The molecule has 0 radical (unpaired) electrons. The van der Waals surface area contributed by atoms with Crippen molar-refractivity contribution in [3.05, 3.63) is 59.7 Å². The molecular formula is C26H32N2O7. The van der Waals surface area contributed by atoms with E-state index in [0.29, 0.717) is 0 Å². The molecule has 0 spiro atoms. The topological polar surface area (TPSA) is 123 Å². The van der Waals surface area contributed by atoms with E-state index in [-0.39, 0.29) is 51.7 Å². The SMILES string of the molecule is CCC(COC)(NC(=O)OCC1c2ccccc2-c2ccccc21)C(=O)NCCOCCC(=O)O. The molecule has 35 heavy (non-hydrogen) atoms. The number of aliphatic carboxylic acids is 1. The lowest BCUT2D eigenvalue weighted by Gasteiger charge is -2.31. The minimum Gasteiger partial charge on any atom is -0.481 e. The van der Waals surface area contributed by atoms with Crippen LogP contribution in [-0.4, -0.2) is 68.7 Å². The van der Waals surface area contributed by atoms with Gasteiger partial charge in [0.2, 0.25) is 5.91 Å². The van der Waals surface area contributed by atoms with Crippen LogP contribution in [0.5, 0.6) is 0 Å². The maximum Gasteiger partial charge on any atom is 0.408 e. The highest BCUT2D eigenvalue weighted by Gasteiger charge is 2.39. The van der Waals surface area contributed by atoms with Crippen LogP contribution in [0.25, 0.3) is 11.1 Å². The van der Waals surface area contributed by atoms with E-state index in [0.717, 1.165) is 22.3 Å². The van der Waals surface area contributed by atoms with Gasteiger partial charge >= 0.3 is 12.1 Å². The van der Waals surface area contributed by atoms with Gasteiger partial charge in [0.25, 0.3) is 0 Å². The Morgan fingerprint density at radius 1 is 1.00 bits per heavy atom. The zero-order valence-electron chi connectivity index (χ0n) is 20.0. The van der Waals surface area contributed by atoms with E-state index in [9.17, 15) is 14.4 Å². The fourth-order valence-corrected chi connectivity index (χ4v) is 4.25. The van der Waals surface area contributed by atoms with Crippen molar-refractivity contribution in [2.24, 2.45) is 0 Å². The van der Waals surface area contributed by atoms with E-state index < -0.39 is 23.5 Å². The number of amides is 2. The molecule has 0 aliphatic heterocycles. The first kappa shape index (κ1) is 26.2. The first-order valence-corrected chi connectivity index (χ1v) is 11.6. The number of carboxylic acids is 1. The Morgan fingerprint density at radius 3 is 2.20 bits per heavy atom. The van der Waals surface area contributed by atoms with Gasteiger partial charge in [0.15, 0.2) is 0 Å². The molecule has 1 aliphatic carbocycles. The molecule has 1 aliphatic rings. The molecule has 0 heterocycles. The number of alkyl carbamates (subject to hydrolysis) is 1. The van der Waals surface area contributed by atoms with Crippen molar-refractivity contribution in [1.82, 2.24) is 10.6 Å². The molecule has 0 bridgehead atoms. The average molecular weight is 485 g/mol. The zero-order chi connectivity index (χ0) is 25.3. The number of ether oxygens (including phenoxy) is 3. The molecule has 1 unspecified atom stereocenters. The maximum absolute atomic E-state index is 12.9. The van der Waals surface area contributed by atoms with Crippen LogP contribution in [0.3, 0.4) is 0 Å². The lowest BCUT2D eigenvalue weighted by Crippen LogP contribution is -2.61. The summed E-state index contributed by atoms with van der Waals surface area (Å²) in [6.45, 7) is 2.23. The summed E-state index contributed by atoms with van der Waals surface area (Å²) in [5.41, 5.74) is 3.13. The molecule has 2 amide bonds. The van der Waals surface area contributed by atoms with E-state index in [1.807, 2.05) is 36.4 Å². The number of carbonyl (C=O) groups excluding carboxylic acids is 2. The third-order valence-electron chi connectivity index (χ3n) is 6.11. The van der Waals surface area contributed by atoms with Crippen molar-refractivity contribution >= 4 is 18.0 Å². The molecule has 0 fully saturated rings. The Hall–Kier alpha value is -3.43. The molecule has 0 saturated carbocycles. The van der Waals surface area contributed by atoms with Crippen LogP contribution in [0.2, 0.25) is 0 Å². The molecule has 9 nitrogen and oxygen atoms in total. The van der Waals surface area contributed by atoms with Crippen molar-refractivity contribution < 1.29 is 33.7 Å².